The number of ether oxygens (including phenoxy) is 2. The van der Waals surface area contributed by atoms with Crippen molar-refractivity contribution < 1.29 is 9.47 Å². The van der Waals surface area contributed by atoms with E-state index >= 15 is 0 Å². The lowest BCUT2D eigenvalue weighted by atomic mass is 10.6. The molecule has 2 aliphatic heterocycles. The van der Waals surface area contributed by atoms with Crippen molar-refractivity contribution in [1.29, 1.82) is 0 Å². The van der Waals surface area contributed by atoms with Crippen molar-refractivity contribution in [3.8, 4) is 0 Å². The van der Waals surface area contributed by atoms with Crippen molar-refractivity contribution in [2.45, 2.75) is 34.6 Å². The van der Waals surface area contributed by atoms with Gasteiger partial charge in [-0.05, 0) is 13.8 Å². The van der Waals surface area contributed by atoms with Crippen molar-refractivity contribution in [1.82, 2.24) is 0 Å². The van der Waals surface area contributed by atoms with Crippen LogP contribution in [-0.4, -0.2) is 43.7 Å². The van der Waals surface area contributed by atoms with Gasteiger partial charge in [-0.3, -0.25) is 0 Å². The van der Waals surface area contributed by atoms with Crippen LogP contribution in [0.15, 0.2) is 0 Å². The summed E-state index contributed by atoms with van der Waals surface area (Å²) < 4.78 is 10.8. The molecule has 2 rings (SSSR count). The molecule has 0 N–H and O–H groups in total. The molecule has 17 heavy (non-hydrogen) atoms. The lowest BCUT2D eigenvalue weighted by molar-refractivity contribution is 0.394. The van der Waals surface area contributed by atoms with Gasteiger partial charge in [-0.15, -0.1) is 48.8 Å². The van der Waals surface area contributed by atoms with E-state index in [0.29, 0.717) is 0 Å². The van der Waals surface area contributed by atoms with Gasteiger partial charge in [0.2, 0.25) is 0 Å². The minimum absolute atomic E-state index is 0.0208. The molecule has 0 aliphatic carbocycles. The van der Waals surface area contributed by atoms with E-state index in [1.807, 2.05) is 35.3 Å². The summed E-state index contributed by atoms with van der Waals surface area (Å²) in [6, 6.07) is 0. The van der Waals surface area contributed by atoms with E-state index in [1.165, 1.54) is 11.5 Å². The first-order valence-corrected chi connectivity index (χ1v) is 9.70. The molecule has 0 amide bonds. The average molecular weight is 331 g/mol. The highest BCUT2D eigenvalue weighted by atomic mass is 32.2. The molecule has 4 atom stereocenters. The van der Waals surface area contributed by atoms with Gasteiger partial charge in [-0.25, -0.2) is 0 Å². The van der Waals surface area contributed by atoms with Crippen molar-refractivity contribution in [3.63, 3.8) is 0 Å². The van der Waals surface area contributed by atoms with E-state index in [1.54, 1.807) is 0 Å². The summed E-state index contributed by atoms with van der Waals surface area (Å²) in [4.78, 5) is -0.0417. The van der Waals surface area contributed by atoms with Gasteiger partial charge in [0.05, 0.1) is 0 Å². The van der Waals surface area contributed by atoms with E-state index in [0.717, 1.165) is 11.5 Å². The molecule has 2 fully saturated rings. The quantitative estimate of drug-likeness (QED) is 0.405. The second-order valence-electron chi connectivity index (χ2n) is 4.28. The van der Waals surface area contributed by atoms with Gasteiger partial charge in [0.15, 0.2) is 0 Å². The predicted molar refractivity (Wildman–Crippen MR) is 86.8 cm³/mol. The van der Waals surface area contributed by atoms with Crippen LogP contribution in [0.2, 0.25) is 0 Å². The molecule has 0 radical (unpaired) electrons. The summed E-state index contributed by atoms with van der Waals surface area (Å²) in [6.07, 6.45) is 0. The first-order valence-electron chi connectivity index (χ1n) is 5.54. The van der Waals surface area contributed by atoms with Crippen molar-refractivity contribution in [3.05, 3.63) is 0 Å². The average Bonchev–Trinajstić information content (AvgIpc) is 3.05. The molecule has 0 aromatic heterocycles. The zero-order valence-corrected chi connectivity index (χ0v) is 14.2. The van der Waals surface area contributed by atoms with Crippen LogP contribution in [0.5, 0.6) is 0 Å². The van der Waals surface area contributed by atoms with E-state index in [-0.39, 0.29) is 20.7 Å². The summed E-state index contributed by atoms with van der Waals surface area (Å²) in [5.41, 5.74) is 0.264. The smallest absolute Gasteiger partial charge is 0.147 e. The maximum absolute atomic E-state index is 5.39. The lowest BCUT2D eigenvalue weighted by Crippen LogP contribution is -2.04. The molecule has 7 heteroatoms. The molecule has 0 aromatic rings. The SMILES string of the molecule is CC1(SCCSCCSC2(C)OC2S)OC1S. The predicted octanol–water partition coefficient (Wildman–Crippen LogP) is 3.19. The van der Waals surface area contributed by atoms with Crippen LogP contribution in [0, 0.1) is 0 Å². The number of epoxide rings is 2. The molecule has 2 nitrogen and oxygen atoms in total. The Labute approximate surface area is 127 Å². The fourth-order valence-electron chi connectivity index (χ4n) is 1.29. The molecule has 100 valence electrons. The summed E-state index contributed by atoms with van der Waals surface area (Å²) in [5, 5.41) is 0. The third kappa shape index (κ3) is 4.33. The second kappa shape index (κ2) is 5.97. The zero-order valence-electron chi connectivity index (χ0n) is 9.92. The van der Waals surface area contributed by atoms with E-state index in [9.17, 15) is 0 Å². The number of hydrogen-bond donors (Lipinski definition) is 2. The summed E-state index contributed by atoms with van der Waals surface area (Å²) >= 11 is 14.3. The van der Waals surface area contributed by atoms with Crippen molar-refractivity contribution in [2.75, 3.05) is 23.0 Å². The molecular weight excluding hydrogens is 312 g/mol. The van der Waals surface area contributed by atoms with Crippen LogP contribution >= 0.6 is 60.5 Å². The monoisotopic (exact) mass is 330 g/mol. The third-order valence-corrected chi connectivity index (χ3v) is 8.34. The maximum atomic E-state index is 5.39. The van der Waals surface area contributed by atoms with Gasteiger partial charge in [-0.1, -0.05) is 0 Å². The molecule has 2 saturated heterocycles. The first-order chi connectivity index (χ1) is 7.96. The van der Waals surface area contributed by atoms with Crippen LogP contribution in [0.4, 0.5) is 0 Å². The Morgan fingerprint density at radius 2 is 1.24 bits per heavy atom. The normalized spacial score (nSPS) is 43.8. The van der Waals surface area contributed by atoms with Gasteiger partial charge in [0.25, 0.3) is 0 Å². The van der Waals surface area contributed by atoms with Gasteiger partial charge in [0.1, 0.15) is 20.7 Å². The topological polar surface area (TPSA) is 25.1 Å². The second-order valence-corrected chi connectivity index (χ2v) is 9.46. The molecule has 4 unspecified atom stereocenters. The minimum Gasteiger partial charge on any atom is -0.343 e. The standard InChI is InChI=1S/C10H18O2S5/c1-9(7(13)11-9)16-5-3-15-4-6-17-10(2)8(14)12-10/h7-8,13-14H,3-6H2,1-2H3. The van der Waals surface area contributed by atoms with Gasteiger partial charge >= 0.3 is 0 Å². The first kappa shape index (κ1) is 15.1. The molecule has 0 aromatic carbocycles. The number of thioether (sulfide) groups is 3. The van der Waals surface area contributed by atoms with Crippen LogP contribution in [0.1, 0.15) is 13.8 Å². The van der Waals surface area contributed by atoms with Gasteiger partial charge < -0.3 is 9.47 Å². The third-order valence-electron chi connectivity index (χ3n) is 2.71. The zero-order chi connectivity index (χ0) is 12.5. The Kier molecular flexibility index (Phi) is 5.29. The Bertz CT molecular complexity index is 253. The van der Waals surface area contributed by atoms with Crippen molar-refractivity contribution in [2.24, 2.45) is 0 Å². The number of thiol groups is 2. The molecular formula is C10H18O2S5. The van der Waals surface area contributed by atoms with Crippen LogP contribution < -0.4 is 0 Å². The van der Waals surface area contributed by atoms with E-state index < -0.39 is 0 Å². The van der Waals surface area contributed by atoms with E-state index in [2.05, 4.69) is 39.1 Å². The molecule has 2 aliphatic rings. The van der Waals surface area contributed by atoms with Crippen LogP contribution in [0.25, 0.3) is 0 Å². The highest BCUT2D eigenvalue weighted by Crippen LogP contribution is 2.49. The maximum Gasteiger partial charge on any atom is 0.147 e. The highest BCUT2D eigenvalue weighted by Gasteiger charge is 2.51. The fraction of sp³-hybridized carbons (Fsp3) is 1.00. The summed E-state index contributed by atoms with van der Waals surface area (Å²) in [5.74, 6) is 4.61. The Balaban J connectivity index is 1.40. The molecule has 0 bridgehead atoms. The number of rotatable bonds is 8. The number of hydrogen-bond acceptors (Lipinski definition) is 7. The molecule has 0 spiro atoms. The Morgan fingerprint density at radius 3 is 1.53 bits per heavy atom. The van der Waals surface area contributed by atoms with Crippen LogP contribution in [0.3, 0.4) is 0 Å². The minimum atomic E-state index is -0.0208. The Hall–Kier alpha value is 1.67. The Morgan fingerprint density at radius 1 is 0.882 bits per heavy atom. The molecule has 0 saturated carbocycles. The summed E-state index contributed by atoms with van der Waals surface area (Å²) in [7, 11) is 0. The lowest BCUT2D eigenvalue weighted by Gasteiger charge is -2.06. The van der Waals surface area contributed by atoms with Crippen LogP contribution in [-0.2, 0) is 9.47 Å². The fourth-order valence-corrected chi connectivity index (χ4v) is 5.56. The molecule has 2 heterocycles. The van der Waals surface area contributed by atoms with Gasteiger partial charge in [-0.2, -0.15) is 11.8 Å². The largest absolute Gasteiger partial charge is 0.343 e. The highest BCUT2D eigenvalue weighted by molar-refractivity contribution is 8.05. The van der Waals surface area contributed by atoms with Crippen molar-refractivity contribution >= 4 is 60.5 Å². The van der Waals surface area contributed by atoms with Gasteiger partial charge in [0, 0.05) is 23.0 Å². The summed E-state index contributed by atoms with van der Waals surface area (Å²) in [6.45, 7) is 4.21. The van der Waals surface area contributed by atoms with E-state index in [4.69, 9.17) is 9.47 Å².